The number of halogens is 2. The van der Waals surface area contributed by atoms with Gasteiger partial charge in [-0.1, -0.05) is 23.2 Å². The van der Waals surface area contributed by atoms with Gasteiger partial charge in [-0.15, -0.1) is 0 Å². The van der Waals surface area contributed by atoms with Gasteiger partial charge < -0.3 is 4.98 Å². The minimum atomic E-state index is -0.200. The first-order valence-corrected chi connectivity index (χ1v) is 4.83. The monoisotopic (exact) mass is 231 g/mol. The lowest BCUT2D eigenvalue weighted by molar-refractivity contribution is 0.753. The first-order chi connectivity index (χ1) is 6.63. The third kappa shape index (κ3) is 1.31. The van der Waals surface area contributed by atoms with Gasteiger partial charge in [0.2, 0.25) is 0 Å². The van der Waals surface area contributed by atoms with Crippen LogP contribution in [0, 0.1) is 0 Å². The van der Waals surface area contributed by atoms with Crippen molar-refractivity contribution in [2.24, 2.45) is 0 Å². The summed E-state index contributed by atoms with van der Waals surface area (Å²) in [6.07, 6.45) is 0. The summed E-state index contributed by atoms with van der Waals surface area (Å²) in [6, 6.07) is 1.62. The smallest absolute Gasteiger partial charge is 0.303 e. The molecular weight excluding hydrogens is 225 g/mol. The highest BCUT2D eigenvalue weighted by atomic mass is 35.5. The Labute approximate surface area is 89.5 Å². The standard InChI is InChI=1S/C8H7Cl2N3O/c1-2-13-4-3-5(9)11-7(10)6(4)12-8(13)14/h3H,2H2,1H3,(H,12,14). The molecule has 0 fully saturated rings. The van der Waals surface area contributed by atoms with Crippen molar-refractivity contribution < 1.29 is 0 Å². The minimum Gasteiger partial charge on any atom is -0.303 e. The zero-order valence-electron chi connectivity index (χ0n) is 7.34. The Balaban J connectivity index is 2.95. The van der Waals surface area contributed by atoms with Gasteiger partial charge in [-0.25, -0.2) is 9.78 Å². The summed E-state index contributed by atoms with van der Waals surface area (Å²) in [5, 5.41) is 0.500. The summed E-state index contributed by atoms with van der Waals surface area (Å²) in [7, 11) is 0. The molecule has 0 aliphatic rings. The second kappa shape index (κ2) is 3.29. The molecule has 14 heavy (non-hydrogen) atoms. The van der Waals surface area contributed by atoms with E-state index in [0.29, 0.717) is 17.6 Å². The Kier molecular flexibility index (Phi) is 2.25. The summed E-state index contributed by atoms with van der Waals surface area (Å²) in [5.41, 5.74) is 1.01. The molecule has 0 aliphatic heterocycles. The molecule has 0 amide bonds. The molecule has 0 saturated heterocycles. The van der Waals surface area contributed by atoms with Crippen LogP contribution in [0.5, 0.6) is 0 Å². The zero-order valence-corrected chi connectivity index (χ0v) is 8.85. The third-order valence-corrected chi connectivity index (χ3v) is 2.47. The van der Waals surface area contributed by atoms with Crippen molar-refractivity contribution >= 4 is 34.2 Å². The minimum absolute atomic E-state index is 0.200. The fourth-order valence-electron chi connectivity index (χ4n) is 1.40. The number of H-pyrrole nitrogens is 1. The van der Waals surface area contributed by atoms with Crippen LogP contribution in [0.3, 0.4) is 0 Å². The maximum atomic E-state index is 11.4. The van der Waals surface area contributed by atoms with E-state index in [1.807, 2.05) is 6.92 Å². The molecule has 1 N–H and O–H groups in total. The summed E-state index contributed by atoms with van der Waals surface area (Å²) in [4.78, 5) is 17.9. The highest BCUT2D eigenvalue weighted by Crippen LogP contribution is 2.21. The molecular formula is C8H7Cl2N3O. The molecule has 2 aromatic heterocycles. The number of imidazole rings is 1. The van der Waals surface area contributed by atoms with E-state index in [9.17, 15) is 4.79 Å². The van der Waals surface area contributed by atoms with E-state index in [4.69, 9.17) is 23.2 Å². The summed E-state index contributed by atoms with van der Waals surface area (Å²) in [6.45, 7) is 2.44. The van der Waals surface area contributed by atoms with Gasteiger partial charge in [0.15, 0.2) is 5.15 Å². The number of hydrogen-bond acceptors (Lipinski definition) is 2. The van der Waals surface area contributed by atoms with Crippen molar-refractivity contribution in [2.75, 3.05) is 0 Å². The van der Waals surface area contributed by atoms with Crippen LogP contribution in [0.1, 0.15) is 6.92 Å². The number of nitrogens with one attached hydrogen (secondary N) is 1. The third-order valence-electron chi connectivity index (χ3n) is 2.01. The molecule has 4 nitrogen and oxygen atoms in total. The molecule has 0 bridgehead atoms. The maximum absolute atomic E-state index is 11.4. The lowest BCUT2D eigenvalue weighted by Gasteiger charge is -1.98. The van der Waals surface area contributed by atoms with E-state index in [-0.39, 0.29) is 16.0 Å². The van der Waals surface area contributed by atoms with Crippen molar-refractivity contribution in [2.45, 2.75) is 13.5 Å². The van der Waals surface area contributed by atoms with E-state index in [2.05, 4.69) is 9.97 Å². The number of fused-ring (bicyclic) bond motifs is 1. The number of aryl methyl sites for hydroxylation is 1. The van der Waals surface area contributed by atoms with Crippen LogP contribution < -0.4 is 5.69 Å². The van der Waals surface area contributed by atoms with Crippen LogP contribution in [0.2, 0.25) is 10.3 Å². The Morgan fingerprint density at radius 1 is 1.57 bits per heavy atom. The number of nitrogens with zero attached hydrogens (tertiary/aromatic N) is 2. The second-order valence-electron chi connectivity index (χ2n) is 2.80. The molecule has 0 atom stereocenters. The van der Waals surface area contributed by atoms with E-state index in [1.54, 1.807) is 10.6 Å². The van der Waals surface area contributed by atoms with E-state index in [1.165, 1.54) is 0 Å². The van der Waals surface area contributed by atoms with Crippen LogP contribution in [0.25, 0.3) is 11.0 Å². The highest BCUT2D eigenvalue weighted by molar-refractivity contribution is 6.36. The number of rotatable bonds is 1. The summed E-state index contributed by atoms with van der Waals surface area (Å²) < 4.78 is 1.55. The molecule has 0 unspecified atom stereocenters. The second-order valence-corrected chi connectivity index (χ2v) is 3.55. The fourth-order valence-corrected chi connectivity index (χ4v) is 1.87. The van der Waals surface area contributed by atoms with E-state index < -0.39 is 0 Å². The number of aromatic nitrogens is 3. The Hall–Kier alpha value is -1.000. The van der Waals surface area contributed by atoms with Gasteiger partial charge in [-0.05, 0) is 6.92 Å². The molecule has 0 aromatic carbocycles. The van der Waals surface area contributed by atoms with Crippen LogP contribution >= 0.6 is 23.2 Å². The summed E-state index contributed by atoms with van der Waals surface area (Å²) >= 11 is 11.6. The van der Waals surface area contributed by atoms with Crippen LogP contribution in [-0.2, 0) is 6.54 Å². The van der Waals surface area contributed by atoms with Gasteiger partial charge in [0.05, 0.1) is 5.52 Å². The average molecular weight is 232 g/mol. The average Bonchev–Trinajstić information content (AvgIpc) is 2.41. The topological polar surface area (TPSA) is 50.7 Å². The van der Waals surface area contributed by atoms with Gasteiger partial charge in [0, 0.05) is 12.6 Å². The van der Waals surface area contributed by atoms with Crippen molar-refractivity contribution in [3.05, 3.63) is 26.9 Å². The number of hydrogen-bond donors (Lipinski definition) is 1. The molecule has 0 spiro atoms. The van der Waals surface area contributed by atoms with Gasteiger partial charge in [-0.3, -0.25) is 4.57 Å². The molecule has 2 heterocycles. The predicted octanol–water partition coefficient (Wildman–Crippen LogP) is 2.05. The Morgan fingerprint density at radius 2 is 2.29 bits per heavy atom. The van der Waals surface area contributed by atoms with Crippen molar-refractivity contribution in [3.8, 4) is 0 Å². The molecule has 2 aromatic rings. The first kappa shape index (κ1) is 9.55. The number of pyridine rings is 1. The Bertz CT molecular complexity index is 543. The first-order valence-electron chi connectivity index (χ1n) is 4.08. The largest absolute Gasteiger partial charge is 0.326 e. The predicted molar refractivity (Wildman–Crippen MR) is 56.0 cm³/mol. The van der Waals surface area contributed by atoms with Crippen molar-refractivity contribution in [1.82, 2.24) is 14.5 Å². The highest BCUT2D eigenvalue weighted by Gasteiger charge is 2.10. The quantitative estimate of drug-likeness (QED) is 0.765. The van der Waals surface area contributed by atoms with Crippen LogP contribution in [0.15, 0.2) is 10.9 Å². The molecule has 0 aliphatic carbocycles. The maximum Gasteiger partial charge on any atom is 0.326 e. The molecule has 0 saturated carbocycles. The SMILES string of the molecule is CCn1c(=O)[nH]c2c(Cl)nc(Cl)cc21. The van der Waals surface area contributed by atoms with Crippen LogP contribution in [-0.4, -0.2) is 14.5 Å². The van der Waals surface area contributed by atoms with Gasteiger partial charge in [-0.2, -0.15) is 0 Å². The molecule has 0 radical (unpaired) electrons. The summed E-state index contributed by atoms with van der Waals surface area (Å²) in [5.74, 6) is 0. The fraction of sp³-hybridized carbons (Fsp3) is 0.250. The number of aromatic amines is 1. The van der Waals surface area contributed by atoms with Gasteiger partial charge in [0.25, 0.3) is 0 Å². The lowest BCUT2D eigenvalue weighted by atomic mass is 10.4. The van der Waals surface area contributed by atoms with E-state index in [0.717, 1.165) is 0 Å². The van der Waals surface area contributed by atoms with Gasteiger partial charge >= 0.3 is 5.69 Å². The molecule has 74 valence electrons. The molecule has 6 heteroatoms. The normalized spacial score (nSPS) is 11.1. The van der Waals surface area contributed by atoms with Crippen molar-refractivity contribution in [1.29, 1.82) is 0 Å². The lowest BCUT2D eigenvalue weighted by Crippen LogP contribution is -2.14. The van der Waals surface area contributed by atoms with Crippen LogP contribution in [0.4, 0.5) is 0 Å². The van der Waals surface area contributed by atoms with E-state index >= 15 is 0 Å². The Morgan fingerprint density at radius 3 is 2.93 bits per heavy atom. The zero-order chi connectivity index (χ0) is 10.3. The van der Waals surface area contributed by atoms with Gasteiger partial charge in [0.1, 0.15) is 10.7 Å². The van der Waals surface area contributed by atoms with Crippen molar-refractivity contribution in [3.63, 3.8) is 0 Å². The molecule has 2 rings (SSSR count).